The number of halogens is 1. The second-order valence-corrected chi connectivity index (χ2v) is 5.80. The number of fused-ring (bicyclic) bond motifs is 6. The van der Waals surface area contributed by atoms with Crippen LogP contribution in [0.25, 0.3) is 0 Å². The first-order valence-corrected chi connectivity index (χ1v) is 7.64. The van der Waals surface area contributed by atoms with E-state index in [1.807, 2.05) is 24.4 Å². The average Bonchev–Trinajstić information content (AvgIpc) is 2.57. The van der Waals surface area contributed by atoms with E-state index < -0.39 is 5.82 Å². The maximum Gasteiger partial charge on any atom is 0.229 e. The van der Waals surface area contributed by atoms with Gasteiger partial charge in [-0.25, -0.2) is 9.37 Å². The first-order valence-electron chi connectivity index (χ1n) is 7.64. The summed E-state index contributed by atoms with van der Waals surface area (Å²) in [4.78, 5) is 12.6. The highest BCUT2D eigenvalue weighted by molar-refractivity contribution is 5.65. The molecular weight excluding hydrogens is 293 g/mol. The van der Waals surface area contributed by atoms with Gasteiger partial charge < -0.3 is 10.6 Å². The fraction of sp³-hybridized carbons (Fsp3) is 0.235. The van der Waals surface area contributed by atoms with Crippen LogP contribution < -0.4 is 10.6 Å². The molecule has 23 heavy (non-hydrogen) atoms. The Labute approximate surface area is 133 Å². The first-order chi connectivity index (χ1) is 11.3. The molecular formula is C17H16FN5. The van der Waals surface area contributed by atoms with Gasteiger partial charge in [0.2, 0.25) is 5.95 Å². The number of rotatable bonds is 0. The van der Waals surface area contributed by atoms with Crippen molar-refractivity contribution in [2.75, 3.05) is 10.6 Å². The van der Waals surface area contributed by atoms with E-state index in [-0.39, 0.29) is 5.82 Å². The molecule has 0 spiro atoms. The zero-order valence-corrected chi connectivity index (χ0v) is 12.5. The topological polar surface area (TPSA) is 62.2 Å². The Kier molecular flexibility index (Phi) is 3.49. The van der Waals surface area contributed by atoms with Crippen LogP contribution in [0.1, 0.15) is 18.4 Å². The van der Waals surface area contributed by atoms with Gasteiger partial charge in [-0.2, -0.15) is 4.98 Å². The highest BCUT2D eigenvalue weighted by Crippen LogP contribution is 2.25. The number of nitrogens with one attached hydrogen (secondary N) is 2. The predicted octanol–water partition coefficient (Wildman–Crippen LogP) is 3.65. The largest absolute Gasteiger partial charge is 0.338 e. The molecule has 1 atom stereocenters. The Morgan fingerprint density at radius 3 is 3.13 bits per heavy atom. The van der Waals surface area contributed by atoms with Crippen molar-refractivity contribution in [2.45, 2.75) is 19.3 Å². The number of benzene rings is 1. The molecule has 4 rings (SSSR count). The molecule has 6 heteroatoms. The lowest BCUT2D eigenvalue weighted by Crippen LogP contribution is -2.14. The van der Waals surface area contributed by atoms with E-state index in [2.05, 4.69) is 31.7 Å². The third-order valence-electron chi connectivity index (χ3n) is 4.02. The van der Waals surface area contributed by atoms with E-state index in [9.17, 15) is 4.39 Å². The Balaban J connectivity index is 1.76. The van der Waals surface area contributed by atoms with Crippen molar-refractivity contribution in [1.29, 1.82) is 0 Å². The van der Waals surface area contributed by atoms with E-state index in [0.717, 1.165) is 30.6 Å². The zero-order valence-electron chi connectivity index (χ0n) is 12.5. The normalized spacial score (nSPS) is 19.3. The van der Waals surface area contributed by atoms with E-state index in [1.54, 1.807) is 6.20 Å². The van der Waals surface area contributed by atoms with Gasteiger partial charge in [-0.15, -0.1) is 0 Å². The maximum absolute atomic E-state index is 14.0. The molecule has 2 aliphatic heterocycles. The predicted molar refractivity (Wildman–Crippen MR) is 88.3 cm³/mol. The van der Waals surface area contributed by atoms with Crippen molar-refractivity contribution < 1.29 is 4.39 Å². The van der Waals surface area contributed by atoms with E-state index in [4.69, 9.17) is 0 Å². The summed E-state index contributed by atoms with van der Waals surface area (Å²) in [5.41, 5.74) is 2.98. The van der Waals surface area contributed by atoms with Gasteiger partial charge in [-0.3, -0.25) is 4.99 Å². The smallest absolute Gasteiger partial charge is 0.229 e. The van der Waals surface area contributed by atoms with Gasteiger partial charge in [-0.05, 0) is 37.0 Å². The maximum atomic E-state index is 14.0. The van der Waals surface area contributed by atoms with Crippen LogP contribution in [0.15, 0.2) is 47.4 Å². The van der Waals surface area contributed by atoms with Gasteiger partial charge in [0.15, 0.2) is 11.6 Å². The van der Waals surface area contributed by atoms with Gasteiger partial charge in [0.1, 0.15) is 0 Å². The summed E-state index contributed by atoms with van der Waals surface area (Å²) >= 11 is 0. The van der Waals surface area contributed by atoms with Crippen LogP contribution in [-0.4, -0.2) is 16.2 Å². The standard InChI is InChI=1S/C17H16FN5/c18-15-10-20-17-22-14-7-12(8-19-9-14)5-4-11-2-1-3-13(6-11)21-16(15)23-17/h1-3,6,8-10,12H,4-5,7H2,(H2,20,21,22,23). The number of allylic oxidation sites excluding steroid dienone is 1. The van der Waals surface area contributed by atoms with Crippen LogP contribution in [-0.2, 0) is 6.42 Å². The fourth-order valence-corrected chi connectivity index (χ4v) is 2.85. The lowest BCUT2D eigenvalue weighted by Gasteiger charge is -2.18. The molecule has 1 aromatic carbocycles. The summed E-state index contributed by atoms with van der Waals surface area (Å²) in [6, 6.07) is 7.99. The molecule has 0 saturated carbocycles. The molecule has 0 radical (unpaired) electrons. The summed E-state index contributed by atoms with van der Waals surface area (Å²) in [6.45, 7) is 0. The molecule has 1 unspecified atom stereocenters. The summed E-state index contributed by atoms with van der Waals surface area (Å²) in [7, 11) is 0. The van der Waals surface area contributed by atoms with Crippen LogP contribution >= 0.6 is 0 Å². The third-order valence-corrected chi connectivity index (χ3v) is 4.02. The molecule has 2 aliphatic rings. The molecule has 0 aliphatic carbocycles. The number of nitrogens with zero attached hydrogens (tertiary/aromatic N) is 3. The summed E-state index contributed by atoms with van der Waals surface area (Å²) in [6.07, 6.45) is 7.75. The number of anilines is 3. The number of aryl methyl sites for hydroxylation is 1. The Morgan fingerprint density at radius 2 is 2.17 bits per heavy atom. The van der Waals surface area contributed by atoms with Crippen LogP contribution in [0.3, 0.4) is 0 Å². The molecule has 0 amide bonds. The van der Waals surface area contributed by atoms with E-state index in [0.29, 0.717) is 11.9 Å². The Bertz CT molecular complexity index is 799. The van der Waals surface area contributed by atoms with Crippen molar-refractivity contribution >= 4 is 23.7 Å². The van der Waals surface area contributed by atoms with Gasteiger partial charge in [0, 0.05) is 29.7 Å². The second-order valence-electron chi connectivity index (χ2n) is 5.80. The van der Waals surface area contributed by atoms with E-state index in [1.165, 1.54) is 11.8 Å². The summed E-state index contributed by atoms with van der Waals surface area (Å²) in [5.74, 6) is 0.422. The molecule has 6 bridgehead atoms. The molecule has 116 valence electrons. The summed E-state index contributed by atoms with van der Waals surface area (Å²) in [5, 5.41) is 6.17. The molecule has 0 fully saturated rings. The monoisotopic (exact) mass is 309 g/mol. The van der Waals surface area contributed by atoms with E-state index >= 15 is 0 Å². The highest BCUT2D eigenvalue weighted by atomic mass is 19.1. The van der Waals surface area contributed by atoms with Crippen molar-refractivity contribution in [2.24, 2.45) is 10.9 Å². The van der Waals surface area contributed by atoms with Crippen molar-refractivity contribution in [3.8, 4) is 0 Å². The second kappa shape index (κ2) is 5.79. The molecule has 2 aromatic rings. The first kappa shape index (κ1) is 13.9. The van der Waals surface area contributed by atoms with Crippen LogP contribution in [0.4, 0.5) is 21.8 Å². The summed E-state index contributed by atoms with van der Waals surface area (Å²) < 4.78 is 14.0. The molecule has 5 nitrogen and oxygen atoms in total. The van der Waals surface area contributed by atoms with Crippen molar-refractivity contribution in [3.63, 3.8) is 0 Å². The Hall–Kier alpha value is -2.76. The van der Waals surface area contributed by atoms with Crippen molar-refractivity contribution in [1.82, 2.24) is 9.97 Å². The molecule has 1 aromatic heterocycles. The molecule has 3 heterocycles. The van der Waals surface area contributed by atoms with Gasteiger partial charge in [-0.1, -0.05) is 12.1 Å². The number of hydrogen-bond acceptors (Lipinski definition) is 5. The fourth-order valence-electron chi connectivity index (χ4n) is 2.85. The van der Waals surface area contributed by atoms with Gasteiger partial charge in [0.05, 0.1) is 6.20 Å². The number of hydrogen-bond donors (Lipinski definition) is 2. The zero-order chi connectivity index (χ0) is 15.6. The Morgan fingerprint density at radius 1 is 1.22 bits per heavy atom. The number of aliphatic imine (C=N–C) groups is 1. The lowest BCUT2D eigenvalue weighted by molar-refractivity contribution is 0.616. The highest BCUT2D eigenvalue weighted by Gasteiger charge is 2.16. The van der Waals surface area contributed by atoms with Crippen molar-refractivity contribution in [3.05, 3.63) is 53.7 Å². The van der Waals surface area contributed by atoms with Gasteiger partial charge in [0.25, 0.3) is 0 Å². The SMILES string of the molecule is Fc1cnc2nc1Nc1cccc(c1)CCC1C=NC=C(C1)N2. The van der Waals surface area contributed by atoms with Crippen LogP contribution in [0.2, 0.25) is 0 Å². The minimum absolute atomic E-state index is 0.162. The van der Waals surface area contributed by atoms with Gasteiger partial charge >= 0.3 is 0 Å². The van der Waals surface area contributed by atoms with Crippen LogP contribution in [0.5, 0.6) is 0 Å². The van der Waals surface area contributed by atoms with Crippen LogP contribution in [0, 0.1) is 11.7 Å². The number of aromatic nitrogens is 2. The third kappa shape index (κ3) is 3.06. The lowest BCUT2D eigenvalue weighted by atomic mass is 9.95. The molecule has 2 N–H and O–H groups in total. The quantitative estimate of drug-likeness (QED) is 0.780. The minimum atomic E-state index is -0.482. The molecule has 0 saturated heterocycles. The average molecular weight is 309 g/mol. The minimum Gasteiger partial charge on any atom is -0.338 e.